The van der Waals surface area contributed by atoms with E-state index >= 15 is 0 Å². The maximum Gasteiger partial charge on any atom is 0.223 e. The highest BCUT2D eigenvalue weighted by Gasteiger charge is 2.57. The molecule has 19 heavy (non-hydrogen) atoms. The molecule has 0 bridgehead atoms. The maximum atomic E-state index is 12.2. The van der Waals surface area contributed by atoms with Crippen molar-refractivity contribution in [1.82, 2.24) is 10.6 Å². The monoisotopic (exact) mass is 288 g/mol. The zero-order valence-corrected chi connectivity index (χ0v) is 12.5. The highest BCUT2D eigenvalue weighted by molar-refractivity contribution is 5.85. The minimum atomic E-state index is -0.119. The Balaban J connectivity index is 0.00000133. The van der Waals surface area contributed by atoms with Crippen molar-refractivity contribution in [2.75, 3.05) is 26.2 Å². The van der Waals surface area contributed by atoms with Crippen molar-refractivity contribution in [1.29, 1.82) is 0 Å². The largest absolute Gasteiger partial charge is 0.373 e. The van der Waals surface area contributed by atoms with E-state index in [0.717, 1.165) is 39.0 Å². The van der Waals surface area contributed by atoms with Gasteiger partial charge < -0.3 is 15.4 Å². The van der Waals surface area contributed by atoms with E-state index in [0.29, 0.717) is 12.0 Å². The quantitative estimate of drug-likeness (QED) is 0.827. The van der Waals surface area contributed by atoms with Gasteiger partial charge in [0.1, 0.15) is 0 Å². The molecular formula is C14H25ClN2O2. The number of hydrogen-bond acceptors (Lipinski definition) is 3. The van der Waals surface area contributed by atoms with Gasteiger partial charge in [0.15, 0.2) is 0 Å². The summed E-state index contributed by atoms with van der Waals surface area (Å²) in [6, 6.07) is 0. The van der Waals surface area contributed by atoms with Crippen LogP contribution in [0.3, 0.4) is 0 Å². The lowest BCUT2D eigenvalue weighted by atomic mass is 9.91. The van der Waals surface area contributed by atoms with Gasteiger partial charge in [-0.1, -0.05) is 0 Å². The van der Waals surface area contributed by atoms with Gasteiger partial charge >= 0.3 is 0 Å². The van der Waals surface area contributed by atoms with Crippen molar-refractivity contribution >= 4 is 18.3 Å². The molecule has 1 spiro atoms. The summed E-state index contributed by atoms with van der Waals surface area (Å²) in [4.78, 5) is 12.2. The van der Waals surface area contributed by atoms with Crippen molar-refractivity contribution in [3.8, 4) is 0 Å². The Morgan fingerprint density at radius 2 is 2.11 bits per heavy atom. The van der Waals surface area contributed by atoms with E-state index in [2.05, 4.69) is 17.6 Å². The Labute approximate surface area is 121 Å². The Kier molecular flexibility index (Phi) is 4.43. The summed E-state index contributed by atoms with van der Waals surface area (Å²) in [6.45, 7) is 5.77. The predicted octanol–water partition coefficient (Wildman–Crippen LogP) is 1.48. The fourth-order valence-corrected chi connectivity index (χ4v) is 3.57. The molecule has 0 radical (unpaired) electrons. The van der Waals surface area contributed by atoms with Crippen LogP contribution in [0.2, 0.25) is 0 Å². The summed E-state index contributed by atoms with van der Waals surface area (Å²) in [5.74, 6) is 0.526. The Hall–Kier alpha value is -0.320. The van der Waals surface area contributed by atoms with Gasteiger partial charge in [0, 0.05) is 19.1 Å². The molecule has 3 aliphatic rings. The first kappa shape index (κ1) is 15.1. The van der Waals surface area contributed by atoms with Crippen molar-refractivity contribution in [3.05, 3.63) is 0 Å². The SMILES string of the molecule is CC1(CNC(=O)C2CC23CCNCC3)CCCO1.Cl. The topological polar surface area (TPSA) is 50.4 Å². The van der Waals surface area contributed by atoms with Gasteiger partial charge in [0.05, 0.1) is 5.60 Å². The number of carbonyl (C=O) groups excluding carboxylic acids is 1. The van der Waals surface area contributed by atoms with E-state index in [1.807, 2.05) is 0 Å². The third-order valence-electron chi connectivity index (χ3n) is 5.04. The van der Waals surface area contributed by atoms with E-state index in [9.17, 15) is 4.79 Å². The molecule has 110 valence electrons. The first-order chi connectivity index (χ1) is 8.64. The number of hydrogen-bond donors (Lipinski definition) is 2. The summed E-state index contributed by atoms with van der Waals surface area (Å²) >= 11 is 0. The normalized spacial score (nSPS) is 35.7. The third-order valence-corrected chi connectivity index (χ3v) is 5.04. The van der Waals surface area contributed by atoms with E-state index in [-0.39, 0.29) is 29.8 Å². The molecule has 0 aromatic rings. The lowest BCUT2D eigenvalue weighted by Gasteiger charge is -2.25. The molecule has 0 aromatic carbocycles. The second-order valence-corrected chi connectivity index (χ2v) is 6.49. The van der Waals surface area contributed by atoms with E-state index in [1.54, 1.807) is 0 Å². The van der Waals surface area contributed by atoms with Crippen molar-refractivity contribution in [2.24, 2.45) is 11.3 Å². The summed E-state index contributed by atoms with van der Waals surface area (Å²) in [5.41, 5.74) is 0.221. The molecular weight excluding hydrogens is 264 g/mol. The second kappa shape index (κ2) is 5.58. The fourth-order valence-electron chi connectivity index (χ4n) is 3.57. The molecule has 4 nitrogen and oxygen atoms in total. The standard InChI is InChI=1S/C14H24N2O2.ClH/c1-13(3-2-8-18-13)10-16-12(17)11-9-14(11)4-6-15-7-5-14;/h11,15H,2-10H2,1H3,(H,16,17);1H. The van der Waals surface area contributed by atoms with Crippen LogP contribution in [0, 0.1) is 11.3 Å². The molecule has 2 N–H and O–H groups in total. The van der Waals surface area contributed by atoms with Gasteiger partial charge in [-0.15, -0.1) is 12.4 Å². The van der Waals surface area contributed by atoms with Gasteiger partial charge in [-0.25, -0.2) is 0 Å². The summed E-state index contributed by atoms with van der Waals surface area (Å²) in [7, 11) is 0. The van der Waals surface area contributed by atoms with Crippen molar-refractivity contribution < 1.29 is 9.53 Å². The van der Waals surface area contributed by atoms with Gasteiger partial charge in [0.2, 0.25) is 5.91 Å². The molecule has 2 aliphatic heterocycles. The number of rotatable bonds is 3. The van der Waals surface area contributed by atoms with Crippen LogP contribution < -0.4 is 10.6 Å². The molecule has 2 saturated heterocycles. The summed E-state index contributed by atoms with van der Waals surface area (Å²) < 4.78 is 5.70. The van der Waals surface area contributed by atoms with Crippen LogP contribution in [0.15, 0.2) is 0 Å². The van der Waals surface area contributed by atoms with Gasteiger partial charge in [-0.3, -0.25) is 4.79 Å². The van der Waals surface area contributed by atoms with Crippen LogP contribution in [0.1, 0.15) is 39.0 Å². The van der Waals surface area contributed by atoms with Crippen LogP contribution in [0.25, 0.3) is 0 Å². The molecule has 5 heteroatoms. The lowest BCUT2D eigenvalue weighted by Crippen LogP contribution is -2.42. The highest BCUT2D eigenvalue weighted by Crippen LogP contribution is 2.58. The minimum Gasteiger partial charge on any atom is -0.373 e. The molecule has 3 rings (SSSR count). The van der Waals surface area contributed by atoms with Gasteiger partial charge in [0.25, 0.3) is 0 Å². The maximum absolute atomic E-state index is 12.2. The van der Waals surface area contributed by atoms with E-state index in [1.165, 1.54) is 12.8 Å². The van der Waals surface area contributed by atoms with Crippen LogP contribution in [-0.2, 0) is 9.53 Å². The summed E-state index contributed by atoms with van der Waals surface area (Å²) in [5, 5.41) is 6.49. The molecule has 1 amide bonds. The Morgan fingerprint density at radius 3 is 2.74 bits per heavy atom. The van der Waals surface area contributed by atoms with Crippen molar-refractivity contribution in [3.63, 3.8) is 0 Å². The van der Waals surface area contributed by atoms with Crippen LogP contribution in [-0.4, -0.2) is 37.7 Å². The average Bonchev–Trinajstić information content (AvgIpc) is 2.88. The number of carbonyl (C=O) groups is 1. The van der Waals surface area contributed by atoms with Crippen LogP contribution in [0.4, 0.5) is 0 Å². The molecule has 1 saturated carbocycles. The molecule has 2 unspecified atom stereocenters. The lowest BCUT2D eigenvalue weighted by molar-refractivity contribution is -0.124. The van der Waals surface area contributed by atoms with Crippen LogP contribution >= 0.6 is 12.4 Å². The molecule has 2 atom stereocenters. The number of halogens is 1. The first-order valence-electron chi connectivity index (χ1n) is 7.26. The third kappa shape index (κ3) is 3.06. The number of ether oxygens (including phenoxy) is 1. The summed E-state index contributed by atoms with van der Waals surface area (Å²) in [6.07, 6.45) is 5.61. The molecule has 1 aliphatic carbocycles. The van der Waals surface area contributed by atoms with Crippen LogP contribution in [0.5, 0.6) is 0 Å². The van der Waals surface area contributed by atoms with Gasteiger partial charge in [-0.05, 0) is 57.5 Å². The van der Waals surface area contributed by atoms with E-state index in [4.69, 9.17) is 4.74 Å². The second-order valence-electron chi connectivity index (χ2n) is 6.49. The van der Waals surface area contributed by atoms with Crippen molar-refractivity contribution in [2.45, 2.75) is 44.6 Å². The molecule has 0 aromatic heterocycles. The Morgan fingerprint density at radius 1 is 1.37 bits per heavy atom. The fraction of sp³-hybridized carbons (Fsp3) is 0.929. The smallest absolute Gasteiger partial charge is 0.223 e. The molecule has 2 heterocycles. The molecule has 3 fully saturated rings. The van der Waals surface area contributed by atoms with E-state index < -0.39 is 0 Å². The number of amides is 1. The minimum absolute atomic E-state index is 0. The highest BCUT2D eigenvalue weighted by atomic mass is 35.5. The zero-order valence-electron chi connectivity index (χ0n) is 11.7. The number of piperidine rings is 1. The number of nitrogens with one attached hydrogen (secondary N) is 2. The predicted molar refractivity (Wildman–Crippen MR) is 76.5 cm³/mol. The van der Waals surface area contributed by atoms with Gasteiger partial charge in [-0.2, -0.15) is 0 Å². The average molecular weight is 289 g/mol. The Bertz CT molecular complexity index is 336. The zero-order chi connectivity index (χ0) is 12.6. The first-order valence-corrected chi connectivity index (χ1v) is 7.26.